The lowest BCUT2D eigenvalue weighted by Crippen LogP contribution is -2.10. The van der Waals surface area contributed by atoms with Crippen LogP contribution in [0.25, 0.3) is 0 Å². The summed E-state index contributed by atoms with van der Waals surface area (Å²) in [6.07, 6.45) is 13.9. The monoisotopic (exact) mass is 396 g/mol. The van der Waals surface area contributed by atoms with Crippen molar-refractivity contribution in [2.24, 2.45) is 0 Å². The lowest BCUT2D eigenvalue weighted by atomic mass is 10.0. The van der Waals surface area contributed by atoms with Crippen LogP contribution < -0.4 is 4.74 Å². The van der Waals surface area contributed by atoms with Gasteiger partial charge >= 0.3 is 5.97 Å². The predicted molar refractivity (Wildman–Crippen MR) is 120 cm³/mol. The van der Waals surface area contributed by atoms with Gasteiger partial charge in [0, 0.05) is 0 Å². The first kappa shape index (κ1) is 23.0. The average Bonchev–Trinajstić information content (AvgIpc) is 2.71. The summed E-state index contributed by atoms with van der Waals surface area (Å²) < 4.78 is 5.61. The van der Waals surface area contributed by atoms with Crippen molar-refractivity contribution in [1.29, 1.82) is 0 Å². The molecule has 0 atom stereocenters. The highest BCUT2D eigenvalue weighted by molar-refractivity contribution is 5.93. The summed E-state index contributed by atoms with van der Waals surface area (Å²) in [6.45, 7) is 4.31. The molecule has 158 valence electrons. The minimum absolute atomic E-state index is 0.0548. The molecule has 2 aromatic rings. The maximum absolute atomic E-state index is 12.4. The van der Waals surface area contributed by atoms with Gasteiger partial charge in [0.15, 0.2) is 0 Å². The van der Waals surface area contributed by atoms with Crippen LogP contribution in [0, 0.1) is 6.92 Å². The number of phenols is 1. The first-order chi connectivity index (χ1) is 14.1. The van der Waals surface area contributed by atoms with Gasteiger partial charge in [0.2, 0.25) is 0 Å². The normalized spacial score (nSPS) is 10.8. The summed E-state index contributed by atoms with van der Waals surface area (Å²) in [6, 6.07) is 12.4. The van der Waals surface area contributed by atoms with Crippen molar-refractivity contribution in [2.75, 3.05) is 0 Å². The Morgan fingerprint density at radius 1 is 0.862 bits per heavy atom. The fourth-order valence-electron chi connectivity index (χ4n) is 3.61. The number of carbonyl (C=O) groups is 1. The summed E-state index contributed by atoms with van der Waals surface area (Å²) in [5.41, 5.74) is 2.42. The molecule has 0 aliphatic heterocycles. The molecule has 0 saturated carbocycles. The molecule has 2 rings (SSSR count). The van der Waals surface area contributed by atoms with Crippen LogP contribution in [0.15, 0.2) is 42.5 Å². The molecule has 2 aromatic carbocycles. The number of hydrogen-bond donors (Lipinski definition) is 1. The van der Waals surface area contributed by atoms with Gasteiger partial charge in [0.05, 0.1) is 0 Å². The third-order valence-corrected chi connectivity index (χ3v) is 5.34. The smallest absolute Gasteiger partial charge is 0.347 e. The van der Waals surface area contributed by atoms with Crippen LogP contribution in [-0.2, 0) is 6.42 Å². The van der Waals surface area contributed by atoms with E-state index in [0.717, 1.165) is 24.0 Å². The highest BCUT2D eigenvalue weighted by Crippen LogP contribution is 2.25. The second-order valence-electron chi connectivity index (χ2n) is 7.95. The molecule has 0 spiro atoms. The molecule has 0 bridgehead atoms. The van der Waals surface area contributed by atoms with Crippen LogP contribution in [0.1, 0.15) is 92.6 Å². The Hall–Kier alpha value is -2.29. The Labute approximate surface area is 176 Å². The number of carbonyl (C=O) groups excluding carboxylic acids is 1. The van der Waals surface area contributed by atoms with Gasteiger partial charge in [0.1, 0.15) is 17.1 Å². The number of hydrogen-bond acceptors (Lipinski definition) is 3. The second-order valence-corrected chi connectivity index (χ2v) is 7.95. The Balaban J connectivity index is 1.78. The van der Waals surface area contributed by atoms with Crippen molar-refractivity contribution < 1.29 is 14.6 Å². The Morgan fingerprint density at radius 2 is 1.48 bits per heavy atom. The van der Waals surface area contributed by atoms with Crippen LogP contribution in [0.4, 0.5) is 0 Å². The standard InChI is InChI=1S/C26H36O3/c1-3-4-5-6-7-8-9-10-11-12-15-22-20-21(2)18-19-25(22)29-26(28)23-16-13-14-17-24(23)27/h13-14,16-20,27H,3-12,15H2,1-2H3. The van der Waals surface area contributed by atoms with Crippen molar-refractivity contribution in [3.63, 3.8) is 0 Å². The first-order valence-electron chi connectivity index (χ1n) is 11.2. The maximum atomic E-state index is 12.4. The minimum Gasteiger partial charge on any atom is -0.507 e. The molecule has 0 aliphatic rings. The number of aryl methyl sites for hydroxylation is 2. The number of unbranched alkanes of at least 4 members (excludes halogenated alkanes) is 9. The zero-order valence-corrected chi connectivity index (χ0v) is 18.1. The highest BCUT2D eigenvalue weighted by Gasteiger charge is 2.15. The van der Waals surface area contributed by atoms with Crippen LogP contribution in [0.5, 0.6) is 11.5 Å². The van der Waals surface area contributed by atoms with E-state index in [9.17, 15) is 9.90 Å². The predicted octanol–water partition coefficient (Wildman–Crippen LogP) is 7.38. The molecule has 3 heteroatoms. The third-order valence-electron chi connectivity index (χ3n) is 5.34. The van der Waals surface area contributed by atoms with E-state index in [4.69, 9.17) is 4.74 Å². The van der Waals surface area contributed by atoms with Gasteiger partial charge in [-0.3, -0.25) is 0 Å². The minimum atomic E-state index is -0.517. The van der Waals surface area contributed by atoms with E-state index in [0.29, 0.717) is 5.75 Å². The lowest BCUT2D eigenvalue weighted by molar-refractivity contribution is 0.0730. The number of esters is 1. The average molecular weight is 397 g/mol. The third kappa shape index (κ3) is 8.31. The molecule has 0 heterocycles. The van der Waals surface area contributed by atoms with Gasteiger partial charge < -0.3 is 9.84 Å². The highest BCUT2D eigenvalue weighted by atomic mass is 16.5. The SMILES string of the molecule is CCCCCCCCCCCCc1cc(C)ccc1OC(=O)c1ccccc1O. The van der Waals surface area contributed by atoms with Crippen molar-refractivity contribution in [3.8, 4) is 11.5 Å². The van der Waals surface area contributed by atoms with E-state index in [1.807, 2.05) is 12.1 Å². The fourth-order valence-corrected chi connectivity index (χ4v) is 3.61. The molecular formula is C26H36O3. The summed E-state index contributed by atoms with van der Waals surface area (Å²) in [5.74, 6) is 0.0249. The van der Waals surface area contributed by atoms with E-state index in [-0.39, 0.29) is 11.3 Å². The molecule has 3 nitrogen and oxygen atoms in total. The fraction of sp³-hybridized carbons (Fsp3) is 0.500. The molecule has 0 radical (unpaired) electrons. The number of aromatic hydroxyl groups is 1. The Morgan fingerprint density at radius 3 is 2.14 bits per heavy atom. The van der Waals surface area contributed by atoms with E-state index in [2.05, 4.69) is 19.9 Å². The summed E-state index contributed by atoms with van der Waals surface area (Å²) in [4.78, 5) is 12.4. The Kier molecular flexibility index (Phi) is 10.3. The number of benzene rings is 2. The summed E-state index contributed by atoms with van der Waals surface area (Å²) >= 11 is 0. The van der Waals surface area contributed by atoms with Crippen LogP contribution in [0.3, 0.4) is 0 Å². The molecule has 0 unspecified atom stereocenters. The molecule has 0 saturated heterocycles. The zero-order chi connectivity index (χ0) is 20.9. The van der Waals surface area contributed by atoms with E-state index in [1.54, 1.807) is 18.2 Å². The second kappa shape index (κ2) is 13.0. The number of phenolic OH excluding ortho intramolecular Hbond substituents is 1. The van der Waals surface area contributed by atoms with Gasteiger partial charge in [-0.25, -0.2) is 4.79 Å². The Bertz CT molecular complexity index is 751. The molecule has 0 fully saturated rings. The lowest BCUT2D eigenvalue weighted by Gasteiger charge is -2.12. The van der Waals surface area contributed by atoms with Gasteiger partial charge in [-0.1, -0.05) is 94.5 Å². The van der Waals surface area contributed by atoms with Crippen molar-refractivity contribution in [1.82, 2.24) is 0 Å². The van der Waals surface area contributed by atoms with Crippen molar-refractivity contribution in [2.45, 2.75) is 84.5 Å². The van der Waals surface area contributed by atoms with Crippen molar-refractivity contribution >= 4 is 5.97 Å². The van der Waals surface area contributed by atoms with Gasteiger partial charge in [-0.05, 0) is 43.5 Å². The maximum Gasteiger partial charge on any atom is 0.347 e. The number of ether oxygens (including phenoxy) is 1. The molecule has 0 aromatic heterocycles. The molecule has 29 heavy (non-hydrogen) atoms. The molecule has 0 amide bonds. The van der Waals surface area contributed by atoms with Gasteiger partial charge in [-0.2, -0.15) is 0 Å². The van der Waals surface area contributed by atoms with Gasteiger partial charge in [0.25, 0.3) is 0 Å². The van der Waals surface area contributed by atoms with Gasteiger partial charge in [-0.15, -0.1) is 0 Å². The number of rotatable bonds is 13. The molecular weight excluding hydrogens is 360 g/mol. The zero-order valence-electron chi connectivity index (χ0n) is 18.1. The summed E-state index contributed by atoms with van der Waals surface area (Å²) in [5, 5.41) is 9.88. The largest absolute Gasteiger partial charge is 0.507 e. The summed E-state index contributed by atoms with van der Waals surface area (Å²) in [7, 11) is 0. The number of para-hydroxylation sites is 1. The van der Waals surface area contributed by atoms with E-state index < -0.39 is 5.97 Å². The van der Waals surface area contributed by atoms with E-state index in [1.165, 1.54) is 63.9 Å². The van der Waals surface area contributed by atoms with Crippen LogP contribution in [-0.4, -0.2) is 11.1 Å². The topological polar surface area (TPSA) is 46.5 Å². The van der Waals surface area contributed by atoms with E-state index >= 15 is 0 Å². The van der Waals surface area contributed by atoms with Crippen LogP contribution in [0.2, 0.25) is 0 Å². The first-order valence-corrected chi connectivity index (χ1v) is 11.2. The van der Waals surface area contributed by atoms with Crippen LogP contribution >= 0.6 is 0 Å². The quantitative estimate of drug-likeness (QED) is 0.218. The molecule has 1 N–H and O–H groups in total. The van der Waals surface area contributed by atoms with Crippen molar-refractivity contribution in [3.05, 3.63) is 59.2 Å². The molecule has 0 aliphatic carbocycles.